The second-order valence-corrected chi connectivity index (χ2v) is 6.79. The third-order valence-electron chi connectivity index (χ3n) is 4.57. The summed E-state index contributed by atoms with van der Waals surface area (Å²) in [6.07, 6.45) is 1.63. The predicted octanol–water partition coefficient (Wildman–Crippen LogP) is 4.24. The van der Waals surface area contributed by atoms with Gasteiger partial charge in [0, 0.05) is 28.7 Å². The number of carbonyl (C=O) groups excluding carboxylic acids is 1. The van der Waals surface area contributed by atoms with Crippen molar-refractivity contribution in [3.05, 3.63) is 76.1 Å². The van der Waals surface area contributed by atoms with Crippen molar-refractivity contribution in [2.24, 2.45) is 5.10 Å². The summed E-state index contributed by atoms with van der Waals surface area (Å²) in [6, 6.07) is 14.7. The normalized spacial score (nSPS) is 12.5. The topological polar surface area (TPSA) is 64.9 Å². The van der Waals surface area contributed by atoms with Gasteiger partial charge in [-0.05, 0) is 44.2 Å². The maximum absolute atomic E-state index is 12.2. The number of nitrogens with zero attached hydrogens (tertiary/aromatic N) is 2. The van der Waals surface area contributed by atoms with Gasteiger partial charge in [0.25, 0.3) is 5.91 Å². The Balaban J connectivity index is 1.55. The van der Waals surface area contributed by atoms with Crippen LogP contribution in [0.4, 0.5) is 0 Å². The number of nitrogens with one attached hydrogen (secondary N) is 1. The minimum absolute atomic E-state index is 0.242. The van der Waals surface area contributed by atoms with Crippen molar-refractivity contribution in [3.8, 4) is 17.2 Å². The molecule has 0 bridgehead atoms. The molecule has 4 rings (SSSR count). The fourth-order valence-electron chi connectivity index (χ4n) is 3.21. The highest BCUT2D eigenvalue weighted by molar-refractivity contribution is 6.33. The number of aromatic nitrogens is 1. The van der Waals surface area contributed by atoms with Crippen molar-refractivity contribution in [3.63, 3.8) is 0 Å². The van der Waals surface area contributed by atoms with Crippen LogP contribution in [0.2, 0.25) is 5.02 Å². The molecule has 1 aliphatic heterocycles. The van der Waals surface area contributed by atoms with Crippen molar-refractivity contribution >= 4 is 23.7 Å². The Labute approximate surface area is 167 Å². The minimum atomic E-state index is -0.355. The summed E-state index contributed by atoms with van der Waals surface area (Å²) < 4.78 is 12.9. The molecule has 1 amide bonds. The van der Waals surface area contributed by atoms with Gasteiger partial charge in [0.1, 0.15) is 0 Å². The lowest BCUT2D eigenvalue weighted by molar-refractivity contribution is 0.0955. The highest BCUT2D eigenvalue weighted by atomic mass is 35.5. The first kappa shape index (κ1) is 18.1. The zero-order valence-corrected chi connectivity index (χ0v) is 16.2. The Hall–Kier alpha value is -3.25. The molecule has 2 heterocycles. The number of benzene rings is 2. The number of aryl methyl sites for hydroxylation is 1. The van der Waals surface area contributed by atoms with Crippen LogP contribution in [0.1, 0.15) is 27.3 Å². The molecular formula is C21H18ClN3O3. The van der Waals surface area contributed by atoms with Crippen molar-refractivity contribution in [1.29, 1.82) is 0 Å². The van der Waals surface area contributed by atoms with Crippen molar-refractivity contribution < 1.29 is 14.3 Å². The number of carbonyl (C=O) groups is 1. The van der Waals surface area contributed by atoms with E-state index in [0.717, 1.165) is 34.1 Å². The summed E-state index contributed by atoms with van der Waals surface area (Å²) in [5.74, 6) is 1.12. The average Bonchev–Trinajstić information content (AvgIpc) is 3.25. The third kappa shape index (κ3) is 3.34. The molecule has 28 heavy (non-hydrogen) atoms. The average molecular weight is 396 g/mol. The zero-order valence-electron chi connectivity index (χ0n) is 15.4. The molecule has 0 fully saturated rings. The monoisotopic (exact) mass is 395 g/mol. The fraction of sp³-hybridized carbons (Fsp3) is 0.143. The number of fused-ring (bicyclic) bond motifs is 1. The SMILES string of the molecule is Cc1cc(/C=N\NC(=O)c2ccccc2Cl)c(C)n1-c1ccc2c(c1)OCO2. The first-order chi connectivity index (χ1) is 13.5. The molecule has 7 heteroatoms. The molecule has 0 saturated heterocycles. The van der Waals surface area contributed by atoms with E-state index in [2.05, 4.69) is 15.1 Å². The zero-order chi connectivity index (χ0) is 19.7. The third-order valence-corrected chi connectivity index (χ3v) is 4.90. The maximum atomic E-state index is 12.2. The molecule has 0 atom stereocenters. The number of rotatable bonds is 4. The van der Waals surface area contributed by atoms with Crippen LogP contribution in [0.15, 0.2) is 53.6 Å². The Bertz CT molecular complexity index is 1090. The second-order valence-electron chi connectivity index (χ2n) is 6.38. The first-order valence-electron chi connectivity index (χ1n) is 8.71. The fourth-order valence-corrected chi connectivity index (χ4v) is 3.43. The van der Waals surface area contributed by atoms with E-state index in [0.29, 0.717) is 10.6 Å². The summed E-state index contributed by atoms with van der Waals surface area (Å²) in [6.45, 7) is 4.25. The van der Waals surface area contributed by atoms with E-state index >= 15 is 0 Å². The molecule has 2 aromatic carbocycles. The largest absolute Gasteiger partial charge is 0.454 e. The number of hydrazone groups is 1. The lowest BCUT2D eigenvalue weighted by atomic mass is 10.2. The molecule has 0 unspecified atom stereocenters. The number of hydrogen-bond acceptors (Lipinski definition) is 4. The summed E-state index contributed by atoms with van der Waals surface area (Å²) >= 11 is 6.04. The number of ether oxygens (including phenoxy) is 2. The summed E-state index contributed by atoms with van der Waals surface area (Å²) in [5, 5.41) is 4.47. The molecule has 0 radical (unpaired) electrons. The van der Waals surface area contributed by atoms with Gasteiger partial charge in [0.15, 0.2) is 11.5 Å². The van der Waals surface area contributed by atoms with Crippen LogP contribution < -0.4 is 14.9 Å². The van der Waals surface area contributed by atoms with Crippen LogP contribution >= 0.6 is 11.6 Å². The summed E-state index contributed by atoms with van der Waals surface area (Å²) in [5.41, 5.74) is 6.80. The number of amides is 1. The molecule has 0 aliphatic carbocycles. The van der Waals surface area contributed by atoms with E-state index < -0.39 is 0 Å². The van der Waals surface area contributed by atoms with Crippen molar-refractivity contribution in [2.45, 2.75) is 13.8 Å². The smallest absolute Gasteiger partial charge is 0.272 e. The highest BCUT2D eigenvalue weighted by Gasteiger charge is 2.16. The van der Waals surface area contributed by atoms with Gasteiger partial charge in [-0.25, -0.2) is 5.43 Å². The summed E-state index contributed by atoms with van der Waals surface area (Å²) in [7, 11) is 0. The van der Waals surface area contributed by atoms with Gasteiger partial charge < -0.3 is 14.0 Å². The van der Waals surface area contributed by atoms with Crippen LogP contribution in [-0.2, 0) is 0 Å². The highest BCUT2D eigenvalue weighted by Crippen LogP contribution is 2.34. The van der Waals surface area contributed by atoms with Gasteiger partial charge in [0.2, 0.25) is 6.79 Å². The van der Waals surface area contributed by atoms with Crippen LogP contribution in [0.5, 0.6) is 11.5 Å². The van der Waals surface area contributed by atoms with E-state index in [1.165, 1.54) is 0 Å². The van der Waals surface area contributed by atoms with Crippen molar-refractivity contribution in [2.75, 3.05) is 6.79 Å². The van der Waals surface area contributed by atoms with E-state index in [1.54, 1.807) is 30.5 Å². The van der Waals surface area contributed by atoms with Crippen molar-refractivity contribution in [1.82, 2.24) is 9.99 Å². The Morgan fingerprint density at radius 1 is 1.14 bits per heavy atom. The van der Waals surface area contributed by atoms with Crippen LogP contribution in [0.3, 0.4) is 0 Å². The van der Waals surface area contributed by atoms with Crippen LogP contribution in [-0.4, -0.2) is 23.5 Å². The lowest BCUT2D eigenvalue weighted by Crippen LogP contribution is -2.18. The van der Waals surface area contributed by atoms with Gasteiger partial charge in [-0.2, -0.15) is 5.10 Å². The molecule has 142 valence electrons. The minimum Gasteiger partial charge on any atom is -0.454 e. The first-order valence-corrected chi connectivity index (χ1v) is 9.09. The molecule has 3 aromatic rings. The number of hydrogen-bond donors (Lipinski definition) is 1. The summed E-state index contributed by atoms with van der Waals surface area (Å²) in [4.78, 5) is 12.2. The van der Waals surface area contributed by atoms with Gasteiger partial charge >= 0.3 is 0 Å². The van der Waals surface area contributed by atoms with Crippen LogP contribution in [0, 0.1) is 13.8 Å². The van der Waals surface area contributed by atoms with Gasteiger partial charge in [-0.15, -0.1) is 0 Å². The Morgan fingerprint density at radius 2 is 1.93 bits per heavy atom. The molecule has 1 aromatic heterocycles. The predicted molar refractivity (Wildman–Crippen MR) is 108 cm³/mol. The number of halogens is 1. The molecule has 0 spiro atoms. The molecule has 0 saturated carbocycles. The van der Waals surface area contributed by atoms with Crippen LogP contribution in [0.25, 0.3) is 5.69 Å². The standard InChI is InChI=1S/C21H18ClN3O3/c1-13-9-15(11-23-24-21(26)17-5-3-4-6-18(17)22)14(2)25(13)16-7-8-19-20(10-16)28-12-27-19/h3-11H,12H2,1-2H3,(H,24,26)/b23-11-. The maximum Gasteiger partial charge on any atom is 0.272 e. The van der Waals surface area contributed by atoms with E-state index in [9.17, 15) is 4.79 Å². The van der Waals surface area contributed by atoms with Gasteiger partial charge in [-0.3, -0.25) is 4.79 Å². The van der Waals surface area contributed by atoms with E-state index in [-0.39, 0.29) is 12.7 Å². The molecular weight excluding hydrogens is 378 g/mol. The van der Waals surface area contributed by atoms with Gasteiger partial charge in [-0.1, -0.05) is 23.7 Å². The van der Waals surface area contributed by atoms with E-state index in [1.807, 2.05) is 38.1 Å². The quantitative estimate of drug-likeness (QED) is 0.530. The molecule has 6 nitrogen and oxygen atoms in total. The molecule has 1 aliphatic rings. The Kier molecular flexibility index (Phi) is 4.79. The Morgan fingerprint density at radius 3 is 2.75 bits per heavy atom. The van der Waals surface area contributed by atoms with Gasteiger partial charge in [0.05, 0.1) is 16.8 Å². The second kappa shape index (κ2) is 7.40. The lowest BCUT2D eigenvalue weighted by Gasteiger charge is -2.10. The van der Waals surface area contributed by atoms with E-state index in [4.69, 9.17) is 21.1 Å². The molecule has 1 N–H and O–H groups in total.